The van der Waals surface area contributed by atoms with Crippen molar-refractivity contribution < 1.29 is 19.0 Å². The summed E-state index contributed by atoms with van der Waals surface area (Å²) in [6.07, 6.45) is 1.09. The van der Waals surface area contributed by atoms with Crippen molar-refractivity contribution in [3.63, 3.8) is 0 Å². The topological polar surface area (TPSA) is 96.7 Å². The van der Waals surface area contributed by atoms with Crippen LogP contribution in [0.3, 0.4) is 0 Å². The Morgan fingerprint density at radius 1 is 1.36 bits per heavy atom. The average molecular weight is 303 g/mol. The molecule has 2 heterocycles. The predicted octanol–water partition coefficient (Wildman–Crippen LogP) is 1.54. The van der Waals surface area contributed by atoms with E-state index in [1.54, 1.807) is 12.1 Å². The van der Waals surface area contributed by atoms with E-state index < -0.39 is 17.3 Å². The molecule has 8 heteroatoms. The largest absolute Gasteiger partial charge is 0.497 e. The minimum atomic E-state index is -1.27. The van der Waals surface area contributed by atoms with Gasteiger partial charge in [-0.3, -0.25) is 9.89 Å². The van der Waals surface area contributed by atoms with Crippen molar-refractivity contribution in [1.82, 2.24) is 14.6 Å². The fraction of sp³-hybridized carbons (Fsp3) is 0.0714. The van der Waals surface area contributed by atoms with Gasteiger partial charge in [0.15, 0.2) is 5.65 Å². The standard InChI is InChI=1S/C14H10FN3O4/c1-22-8-4-2-7(3-5-8)11-10(15)13(19)18-12(17-11)9(6-16-18)14(20)21/h2-6,16H,1H3,(H,20,21). The second-order valence-corrected chi connectivity index (χ2v) is 4.46. The molecule has 0 bridgehead atoms. The van der Waals surface area contributed by atoms with Crippen LogP contribution >= 0.6 is 0 Å². The number of hydrogen-bond acceptors (Lipinski definition) is 4. The third kappa shape index (κ3) is 2.01. The number of carbonyl (C=O) groups is 1. The number of ether oxygens (including phenoxy) is 1. The molecule has 3 rings (SSSR count). The van der Waals surface area contributed by atoms with Gasteiger partial charge in [-0.2, -0.15) is 8.91 Å². The highest BCUT2D eigenvalue weighted by Gasteiger charge is 2.20. The van der Waals surface area contributed by atoms with Crippen LogP contribution < -0.4 is 10.3 Å². The van der Waals surface area contributed by atoms with Crippen LogP contribution in [0.4, 0.5) is 4.39 Å². The Balaban J connectivity index is 2.28. The molecule has 0 aliphatic carbocycles. The lowest BCUT2D eigenvalue weighted by atomic mass is 10.1. The van der Waals surface area contributed by atoms with Crippen LogP contribution in [-0.2, 0) is 0 Å². The Morgan fingerprint density at radius 2 is 2.05 bits per heavy atom. The number of halogens is 1. The molecule has 0 radical (unpaired) electrons. The Hall–Kier alpha value is -3.16. The van der Waals surface area contributed by atoms with Crippen LogP contribution in [-0.4, -0.2) is 32.8 Å². The molecule has 7 nitrogen and oxygen atoms in total. The van der Waals surface area contributed by atoms with Crippen molar-refractivity contribution in [3.8, 4) is 17.0 Å². The van der Waals surface area contributed by atoms with Crippen LogP contribution in [0.2, 0.25) is 0 Å². The second-order valence-electron chi connectivity index (χ2n) is 4.46. The molecular weight excluding hydrogens is 293 g/mol. The highest BCUT2D eigenvalue weighted by Crippen LogP contribution is 2.23. The van der Waals surface area contributed by atoms with E-state index in [2.05, 4.69) is 10.1 Å². The van der Waals surface area contributed by atoms with E-state index >= 15 is 0 Å². The summed E-state index contributed by atoms with van der Waals surface area (Å²) in [6, 6.07) is 6.25. The number of methoxy groups -OCH3 is 1. The summed E-state index contributed by atoms with van der Waals surface area (Å²) in [5.41, 5.74) is -1.23. The highest BCUT2D eigenvalue weighted by atomic mass is 19.1. The first kappa shape index (κ1) is 13.8. The van der Waals surface area contributed by atoms with E-state index in [0.717, 1.165) is 10.7 Å². The molecule has 0 fully saturated rings. The van der Waals surface area contributed by atoms with Gasteiger partial charge in [-0.15, -0.1) is 0 Å². The van der Waals surface area contributed by atoms with Gasteiger partial charge in [0.25, 0.3) is 0 Å². The van der Waals surface area contributed by atoms with Gasteiger partial charge in [0.2, 0.25) is 5.82 Å². The Kier molecular flexibility index (Phi) is 3.13. The number of carboxylic acid groups (broad SMARTS) is 1. The van der Waals surface area contributed by atoms with Gasteiger partial charge in [0.05, 0.1) is 7.11 Å². The quantitative estimate of drug-likeness (QED) is 0.765. The maximum absolute atomic E-state index is 14.2. The van der Waals surface area contributed by atoms with E-state index in [1.807, 2.05) is 0 Å². The number of aromatic nitrogens is 3. The van der Waals surface area contributed by atoms with Crippen molar-refractivity contribution in [3.05, 3.63) is 52.2 Å². The van der Waals surface area contributed by atoms with E-state index in [-0.39, 0.29) is 16.9 Å². The highest BCUT2D eigenvalue weighted by molar-refractivity contribution is 5.94. The van der Waals surface area contributed by atoms with Crippen molar-refractivity contribution in [1.29, 1.82) is 0 Å². The van der Waals surface area contributed by atoms with Gasteiger partial charge in [-0.1, -0.05) is 0 Å². The first-order chi connectivity index (χ1) is 10.5. The number of carboxylic acids is 1. The molecule has 0 amide bonds. The minimum Gasteiger partial charge on any atom is -0.497 e. The van der Waals surface area contributed by atoms with Crippen LogP contribution in [0.15, 0.2) is 35.3 Å². The lowest BCUT2D eigenvalue weighted by Gasteiger charge is -2.05. The maximum atomic E-state index is 14.2. The van der Waals surface area contributed by atoms with Crippen molar-refractivity contribution in [2.75, 3.05) is 7.11 Å². The van der Waals surface area contributed by atoms with Crippen molar-refractivity contribution >= 4 is 11.6 Å². The van der Waals surface area contributed by atoms with Crippen LogP contribution in [0.5, 0.6) is 5.75 Å². The normalized spacial score (nSPS) is 10.8. The SMILES string of the molecule is COc1ccc(-c2nc3c(C(=O)O)c[nH]n3c(=O)c2F)cc1. The Labute approximate surface area is 122 Å². The molecule has 22 heavy (non-hydrogen) atoms. The van der Waals surface area contributed by atoms with Crippen LogP contribution in [0.1, 0.15) is 10.4 Å². The molecule has 0 atom stereocenters. The van der Waals surface area contributed by atoms with E-state index in [1.165, 1.54) is 19.2 Å². The number of H-pyrrole nitrogens is 1. The summed E-state index contributed by atoms with van der Waals surface area (Å²) in [4.78, 5) is 27.1. The lowest BCUT2D eigenvalue weighted by Crippen LogP contribution is -2.20. The van der Waals surface area contributed by atoms with Gasteiger partial charge in [-0.05, 0) is 24.3 Å². The summed E-state index contributed by atoms with van der Waals surface area (Å²) in [7, 11) is 1.49. The number of aromatic carboxylic acids is 1. The van der Waals surface area contributed by atoms with E-state index in [9.17, 15) is 14.0 Å². The summed E-state index contributed by atoms with van der Waals surface area (Å²) >= 11 is 0. The van der Waals surface area contributed by atoms with Crippen LogP contribution in [0, 0.1) is 5.82 Å². The van der Waals surface area contributed by atoms with Gasteiger partial charge in [0, 0.05) is 11.8 Å². The number of benzene rings is 1. The van der Waals surface area contributed by atoms with Gasteiger partial charge >= 0.3 is 11.5 Å². The number of fused-ring (bicyclic) bond motifs is 1. The zero-order valence-electron chi connectivity index (χ0n) is 11.3. The van der Waals surface area contributed by atoms with Gasteiger partial charge in [0.1, 0.15) is 17.0 Å². The van der Waals surface area contributed by atoms with E-state index in [4.69, 9.17) is 9.84 Å². The van der Waals surface area contributed by atoms with E-state index in [0.29, 0.717) is 11.3 Å². The summed E-state index contributed by atoms with van der Waals surface area (Å²) in [6.45, 7) is 0. The first-order valence-electron chi connectivity index (χ1n) is 6.20. The third-order valence-corrected chi connectivity index (χ3v) is 3.20. The molecule has 2 N–H and O–H groups in total. The summed E-state index contributed by atoms with van der Waals surface area (Å²) in [5, 5.41) is 11.5. The summed E-state index contributed by atoms with van der Waals surface area (Å²) < 4.78 is 20.0. The first-order valence-corrected chi connectivity index (χ1v) is 6.20. The molecule has 0 aliphatic rings. The molecule has 0 saturated carbocycles. The second kappa shape index (κ2) is 4.99. The monoisotopic (exact) mass is 303 g/mol. The van der Waals surface area contributed by atoms with Gasteiger partial charge in [-0.25, -0.2) is 9.78 Å². The molecule has 0 spiro atoms. The summed E-state index contributed by atoms with van der Waals surface area (Å²) in [5.74, 6) is -1.77. The molecule has 3 aromatic rings. The predicted molar refractivity (Wildman–Crippen MR) is 74.7 cm³/mol. The van der Waals surface area contributed by atoms with Gasteiger partial charge < -0.3 is 9.84 Å². The molecule has 1 aromatic carbocycles. The fourth-order valence-corrected chi connectivity index (χ4v) is 2.09. The Morgan fingerprint density at radius 3 is 2.64 bits per heavy atom. The van der Waals surface area contributed by atoms with Crippen LogP contribution in [0.25, 0.3) is 16.9 Å². The number of nitrogens with zero attached hydrogens (tertiary/aromatic N) is 2. The zero-order chi connectivity index (χ0) is 15.9. The number of nitrogens with one attached hydrogen (secondary N) is 1. The third-order valence-electron chi connectivity index (χ3n) is 3.20. The number of aromatic amines is 1. The molecule has 0 saturated heterocycles. The average Bonchev–Trinajstić information content (AvgIpc) is 2.95. The smallest absolute Gasteiger partial charge is 0.341 e. The molecular formula is C14H10FN3O4. The van der Waals surface area contributed by atoms with Crippen molar-refractivity contribution in [2.45, 2.75) is 0 Å². The molecule has 2 aromatic heterocycles. The number of rotatable bonds is 3. The molecule has 112 valence electrons. The zero-order valence-corrected chi connectivity index (χ0v) is 11.3. The minimum absolute atomic E-state index is 0.148. The fourth-order valence-electron chi connectivity index (χ4n) is 2.09. The lowest BCUT2D eigenvalue weighted by molar-refractivity contribution is 0.0698. The molecule has 0 aliphatic heterocycles. The molecule has 0 unspecified atom stereocenters. The number of hydrogen-bond donors (Lipinski definition) is 2. The Bertz CT molecular complexity index is 928. The maximum Gasteiger partial charge on any atom is 0.341 e. The van der Waals surface area contributed by atoms with Crippen molar-refractivity contribution in [2.24, 2.45) is 0 Å².